The number of methoxy groups -OCH3 is 1. The van der Waals surface area contributed by atoms with Crippen molar-refractivity contribution in [3.05, 3.63) is 263 Å². The molecule has 31 heteroatoms. The second-order valence-corrected chi connectivity index (χ2v) is 34.4. The Labute approximate surface area is 806 Å². The lowest BCUT2D eigenvalue weighted by Gasteiger charge is -2.18. The summed E-state index contributed by atoms with van der Waals surface area (Å²) in [5, 5.41) is 38.3. The number of hydrogen-bond acceptors (Lipinski definition) is 23. The van der Waals surface area contributed by atoms with Crippen LogP contribution in [0.2, 0.25) is 0 Å². The molecule has 0 bridgehead atoms. The lowest BCUT2D eigenvalue weighted by atomic mass is 10.2. The largest absolute Gasteiger partial charge is 0.457 e. The van der Waals surface area contributed by atoms with E-state index in [0.29, 0.717) is 32.1 Å². The van der Waals surface area contributed by atoms with Crippen molar-refractivity contribution in [1.29, 1.82) is 0 Å². The molecule has 13 aromatic heterocycles. The zero-order valence-corrected chi connectivity index (χ0v) is 83.0. The lowest BCUT2D eigenvalue weighted by molar-refractivity contribution is 0.188. The van der Waals surface area contributed by atoms with E-state index in [2.05, 4.69) is 261 Å². The molecule has 0 fully saturated rings. The maximum Gasteiger partial charge on any atom is 0.154 e. The number of benzene rings is 4. The summed E-state index contributed by atoms with van der Waals surface area (Å²) < 4.78 is 38.6. The summed E-state index contributed by atoms with van der Waals surface area (Å²) in [6, 6.07) is 49.2. The van der Waals surface area contributed by atoms with E-state index in [1.165, 1.54) is 37.3 Å². The van der Waals surface area contributed by atoms with Gasteiger partial charge in [-0.2, -0.15) is 10.2 Å². The Balaban J connectivity index is 0.000000148. The highest BCUT2D eigenvalue weighted by Gasteiger charge is 2.21. The number of rotatable bonds is 40. The molecule has 0 aliphatic rings. The van der Waals surface area contributed by atoms with E-state index in [1.807, 2.05) is 145 Å². The fourth-order valence-electron chi connectivity index (χ4n) is 15.8. The summed E-state index contributed by atoms with van der Waals surface area (Å²) in [4.78, 5) is 54.6. The van der Waals surface area contributed by atoms with Gasteiger partial charge in [-0.05, 0) is 183 Å². The molecule has 1 unspecified atom stereocenters. The third kappa shape index (κ3) is 28.6. The zero-order valence-electron chi connectivity index (χ0n) is 81.4. The second kappa shape index (κ2) is 52.5. The van der Waals surface area contributed by atoms with Gasteiger partial charge in [0.25, 0.3) is 0 Å². The average Bonchev–Trinajstić information content (AvgIpc) is 1.63. The highest BCUT2D eigenvalue weighted by molar-refractivity contribution is 9.10. The van der Waals surface area contributed by atoms with Gasteiger partial charge in [0.15, 0.2) is 34.9 Å². The van der Waals surface area contributed by atoms with E-state index >= 15 is 0 Å². The van der Waals surface area contributed by atoms with Gasteiger partial charge >= 0.3 is 0 Å². The molecule has 1 atom stereocenters. The van der Waals surface area contributed by atoms with Gasteiger partial charge < -0.3 is 73.9 Å². The fourth-order valence-corrected chi connectivity index (χ4v) is 16.2. The number of nitrogens with one attached hydrogen (secondary N) is 6. The molecule has 0 saturated heterocycles. The van der Waals surface area contributed by atoms with Crippen molar-refractivity contribution in [2.45, 2.75) is 219 Å². The minimum atomic E-state index is -0.238. The molecular formula is C105H134BrFN26O3. The molecule has 0 amide bonds. The van der Waals surface area contributed by atoms with Gasteiger partial charge in [0, 0.05) is 119 Å². The number of aryl methyl sites for hydroxylation is 7. The summed E-state index contributed by atoms with van der Waals surface area (Å²) in [7, 11) is 1.72. The number of nitrogens with zero attached hydrogens (tertiary/aromatic N) is 20. The summed E-state index contributed by atoms with van der Waals surface area (Å²) in [5.74, 6) is 11.4. The van der Waals surface area contributed by atoms with Crippen LogP contribution in [0.4, 0.5) is 39.3 Å². The number of hydrogen-bond donors (Lipinski definition) is 7. The van der Waals surface area contributed by atoms with Crippen molar-refractivity contribution in [3.63, 3.8) is 0 Å². The van der Waals surface area contributed by atoms with Crippen LogP contribution in [0.1, 0.15) is 189 Å². The van der Waals surface area contributed by atoms with Crippen molar-refractivity contribution < 1.29 is 19.0 Å². The SMILES string of the molecule is CCCC(CO)Nc1nc(C)nc2ccn(Cc3cccnn3)c12.CCCCNc1nc(C)nc2ccn(CCC)c12.CCCCNc1nc(C)nc2ccn(CCOC)c12.CCCCNc1nc(C)nc2ccn(Cc3cc(F)ccc3Br)c12.CCCCNc1nc(C)nc2ccn(Cc3ccccc3)c12.CCCCNc1nc(C)nc2ccn(Cc3ccccc3Oc3ccccc3)c12. The summed E-state index contributed by atoms with van der Waals surface area (Å²) >= 11 is 3.49. The van der Waals surface area contributed by atoms with Gasteiger partial charge in [0.2, 0.25) is 0 Å². The Morgan fingerprint density at radius 2 is 0.750 bits per heavy atom. The van der Waals surface area contributed by atoms with Gasteiger partial charge in [0.05, 0.1) is 71.1 Å². The van der Waals surface area contributed by atoms with E-state index in [4.69, 9.17) is 9.47 Å². The number of halogens is 2. The molecule has 0 radical (unpaired) electrons. The van der Waals surface area contributed by atoms with E-state index in [9.17, 15) is 9.50 Å². The number of fused-ring (bicyclic) bond motifs is 6. The molecule has 136 heavy (non-hydrogen) atoms. The van der Waals surface area contributed by atoms with Crippen LogP contribution in [0.5, 0.6) is 11.5 Å². The molecule has 0 saturated carbocycles. The van der Waals surface area contributed by atoms with Crippen molar-refractivity contribution in [1.82, 2.24) is 97.4 Å². The molecule has 7 N–H and O–H groups in total. The van der Waals surface area contributed by atoms with Crippen molar-refractivity contribution in [2.24, 2.45) is 0 Å². The average molecular weight is 1910 g/mol. The van der Waals surface area contributed by atoms with Crippen LogP contribution < -0.4 is 36.6 Å². The number of aliphatic hydroxyl groups excluding tert-OH is 1. The van der Waals surface area contributed by atoms with Crippen LogP contribution in [0.25, 0.3) is 66.2 Å². The Morgan fingerprint density at radius 3 is 1.15 bits per heavy atom. The van der Waals surface area contributed by atoms with Crippen LogP contribution >= 0.6 is 15.9 Å². The topological polar surface area (TPSA) is 321 Å². The lowest BCUT2D eigenvalue weighted by Crippen LogP contribution is -2.24. The van der Waals surface area contributed by atoms with E-state index < -0.39 is 0 Å². The van der Waals surface area contributed by atoms with Crippen LogP contribution in [0.15, 0.2) is 200 Å². The van der Waals surface area contributed by atoms with Gasteiger partial charge in [-0.25, -0.2) is 64.2 Å². The Kier molecular flexibility index (Phi) is 39.2. The predicted molar refractivity (Wildman–Crippen MR) is 554 cm³/mol. The van der Waals surface area contributed by atoms with Crippen molar-refractivity contribution in [3.8, 4) is 11.5 Å². The number of anilines is 6. The molecule has 716 valence electrons. The highest BCUT2D eigenvalue weighted by atomic mass is 79.9. The summed E-state index contributed by atoms with van der Waals surface area (Å²) in [6.07, 6.45) is 28.4. The van der Waals surface area contributed by atoms with Crippen molar-refractivity contribution in [2.75, 3.05) is 84.9 Å². The first-order valence-corrected chi connectivity index (χ1v) is 48.7. The predicted octanol–water partition coefficient (Wildman–Crippen LogP) is 22.8. The molecule has 4 aromatic carbocycles. The van der Waals surface area contributed by atoms with Gasteiger partial charge in [-0.15, -0.1) is 0 Å². The number of ether oxygens (including phenoxy) is 2. The van der Waals surface area contributed by atoms with E-state index in [0.717, 1.165) is 273 Å². The normalized spacial score (nSPS) is 11.3. The monoisotopic (exact) mass is 1910 g/mol. The van der Waals surface area contributed by atoms with Crippen molar-refractivity contribution >= 4 is 117 Å². The number of aliphatic hydroxyl groups is 1. The van der Waals surface area contributed by atoms with Crippen LogP contribution in [-0.2, 0) is 44.0 Å². The minimum Gasteiger partial charge on any atom is -0.457 e. The number of para-hydroxylation sites is 2. The van der Waals surface area contributed by atoms with E-state index in [1.54, 1.807) is 25.4 Å². The van der Waals surface area contributed by atoms with Crippen LogP contribution in [0.3, 0.4) is 0 Å². The summed E-state index contributed by atoms with van der Waals surface area (Å²) in [6.45, 7) is 36.6. The third-order valence-electron chi connectivity index (χ3n) is 22.4. The molecule has 13 heterocycles. The fraction of sp³-hybridized carbons (Fsp3) is 0.390. The molecule has 0 aliphatic heterocycles. The maximum absolute atomic E-state index is 13.6. The van der Waals surface area contributed by atoms with Gasteiger partial charge in [0.1, 0.15) is 85.4 Å². The first-order chi connectivity index (χ1) is 66.3. The van der Waals surface area contributed by atoms with Gasteiger partial charge in [-0.1, -0.05) is 170 Å². The Bertz CT molecular complexity index is 6560. The van der Waals surface area contributed by atoms with Crippen LogP contribution in [-0.4, -0.2) is 162 Å². The molecule has 29 nitrogen and oxygen atoms in total. The smallest absolute Gasteiger partial charge is 0.154 e. The maximum atomic E-state index is 13.6. The molecule has 17 rings (SSSR count). The standard InChI is InChI=1S/C24H26N4O.C18H20BrFN4.C18H22N4.C17H22N6O.C14H22N4O.C14H22N4/c1-3-4-15-25-24-23-21(26-18(2)27-24)14-16-28(23)17-19-10-8-9-13-22(19)29-20-11-6-5-7-12-20;1-3-4-8-21-18-17-16(22-12(2)23-18)7-9-24(17)11-13-10-14(20)5-6-15(13)19;1-3-4-11-19-18-17-16(20-14(2)21-18)10-12-22(17)13-15-8-6-5-7-9-15;1-3-5-14(11-24)21-17-16-15(19-12(2)20-17)7-9-23(16)10-13-6-4-8-18-22-13;1-4-5-7-15-14-13-12(16-11(2)17-14)6-8-18(13)9-10-19-3;1-4-6-8-15-14-13-12(16-11(3)17-14)7-10-18(13)9-5-2/h5-14,16H,3-4,15,17H2,1-2H3,(H,25,26,27);5-7,9-10H,3-4,8,11H2,1-2H3,(H,21,22,23);5-10,12H,3-4,11,13H2,1-2H3,(H,19,20,21);4,6-9,14,24H,3,5,10-11H2,1-2H3,(H,19,20,21);6,8H,4-5,7,9-10H2,1-3H3,(H,15,16,17);7,10H,4-6,8-9H2,1-3H3,(H,15,16,17). The first-order valence-electron chi connectivity index (χ1n) is 47.9. The number of aromatic nitrogens is 20. The third-order valence-corrected chi connectivity index (χ3v) is 23.2. The van der Waals surface area contributed by atoms with Crippen LogP contribution in [0, 0.1) is 47.4 Å². The number of unbranched alkanes of at least 4 members (excludes halogenated alkanes) is 5. The molecule has 0 aliphatic carbocycles. The minimum absolute atomic E-state index is 0.0210. The quantitative estimate of drug-likeness (QED) is 0.0175. The molecule has 0 spiro atoms. The zero-order chi connectivity index (χ0) is 96.1. The Morgan fingerprint density at radius 1 is 0.375 bits per heavy atom. The first kappa shape index (κ1) is 102. The highest BCUT2D eigenvalue weighted by Crippen LogP contribution is 2.33. The van der Waals surface area contributed by atoms with E-state index in [-0.39, 0.29) is 18.5 Å². The second-order valence-electron chi connectivity index (χ2n) is 33.6. The summed E-state index contributed by atoms with van der Waals surface area (Å²) in [5.41, 5.74) is 16.1. The Hall–Kier alpha value is -13.4. The molecule has 17 aromatic rings. The van der Waals surface area contributed by atoms with Gasteiger partial charge in [-0.3, -0.25) is 0 Å². The molecular weight excluding hydrogens is 1770 g/mol.